The van der Waals surface area contributed by atoms with Gasteiger partial charge in [0.25, 0.3) is 5.91 Å². The lowest BCUT2D eigenvalue weighted by Gasteiger charge is -2.09. The zero-order valence-electron chi connectivity index (χ0n) is 9.88. The van der Waals surface area contributed by atoms with Crippen LogP contribution in [0.1, 0.15) is 24.3 Å². The summed E-state index contributed by atoms with van der Waals surface area (Å²) in [6.45, 7) is 5.58. The predicted molar refractivity (Wildman–Crippen MR) is 68.6 cm³/mol. The lowest BCUT2D eigenvalue weighted by Crippen LogP contribution is -2.35. The van der Waals surface area contributed by atoms with E-state index in [4.69, 9.17) is 0 Å². The minimum atomic E-state index is -0.0428. The summed E-state index contributed by atoms with van der Waals surface area (Å²) in [6.07, 6.45) is 1.86. The second-order valence-corrected chi connectivity index (χ2v) is 4.93. The molecule has 0 spiro atoms. The zero-order valence-corrected chi connectivity index (χ0v) is 11.5. The normalized spacial score (nSPS) is 10.8. The molecule has 5 heteroatoms. The molecule has 1 aromatic heterocycles. The van der Waals surface area contributed by atoms with Crippen LogP contribution in [-0.4, -0.2) is 29.6 Å². The molecule has 4 nitrogen and oxygen atoms in total. The van der Waals surface area contributed by atoms with E-state index in [0.29, 0.717) is 18.3 Å². The lowest BCUT2D eigenvalue weighted by molar-refractivity contribution is 0.0945. The first-order valence-corrected chi connectivity index (χ1v) is 6.13. The Hall–Kier alpha value is -0.810. The van der Waals surface area contributed by atoms with Crippen molar-refractivity contribution in [3.05, 3.63) is 22.4 Å². The highest BCUT2D eigenvalue weighted by Gasteiger charge is 2.09. The minimum Gasteiger partial charge on any atom is -0.349 e. The van der Waals surface area contributed by atoms with E-state index in [2.05, 4.69) is 40.4 Å². The first-order chi connectivity index (χ1) is 7.50. The topological polar surface area (TPSA) is 46.1 Å². The molecule has 1 heterocycles. The Balaban J connectivity index is 2.38. The molecule has 0 aromatic carbocycles. The van der Waals surface area contributed by atoms with Gasteiger partial charge in [-0.15, -0.1) is 0 Å². The van der Waals surface area contributed by atoms with Gasteiger partial charge in [0.1, 0.15) is 5.69 Å². The molecule has 0 aliphatic heterocycles. The summed E-state index contributed by atoms with van der Waals surface area (Å²) in [5.74, 6) is -0.0428. The Bertz CT molecular complexity index is 360. The molecule has 0 fully saturated rings. The highest BCUT2D eigenvalue weighted by atomic mass is 79.9. The van der Waals surface area contributed by atoms with Gasteiger partial charge in [0.2, 0.25) is 0 Å². The fourth-order valence-corrected chi connectivity index (χ4v) is 1.90. The summed E-state index contributed by atoms with van der Waals surface area (Å²) < 4.78 is 2.72. The van der Waals surface area contributed by atoms with Gasteiger partial charge in [-0.1, -0.05) is 13.8 Å². The quantitative estimate of drug-likeness (QED) is 0.807. The van der Waals surface area contributed by atoms with E-state index >= 15 is 0 Å². The van der Waals surface area contributed by atoms with Crippen molar-refractivity contribution in [2.45, 2.75) is 19.9 Å². The van der Waals surface area contributed by atoms with E-state index < -0.39 is 0 Å². The minimum absolute atomic E-state index is 0.0428. The van der Waals surface area contributed by atoms with Crippen LogP contribution in [0.2, 0.25) is 0 Å². The second-order valence-electron chi connectivity index (χ2n) is 4.02. The fraction of sp³-hybridized carbons (Fsp3) is 0.545. The Labute approximate surface area is 105 Å². The Morgan fingerprint density at radius 1 is 1.50 bits per heavy atom. The number of halogens is 1. The van der Waals surface area contributed by atoms with Gasteiger partial charge in [0, 0.05) is 36.8 Å². The molecular formula is C11H18BrN3O. The number of aromatic nitrogens is 1. The average molecular weight is 288 g/mol. The summed E-state index contributed by atoms with van der Waals surface area (Å²) in [7, 11) is 1.85. The number of aryl methyl sites for hydroxylation is 1. The van der Waals surface area contributed by atoms with Gasteiger partial charge in [-0.05, 0) is 22.0 Å². The zero-order chi connectivity index (χ0) is 12.1. The molecule has 0 aliphatic rings. The van der Waals surface area contributed by atoms with E-state index in [1.54, 1.807) is 4.57 Å². The van der Waals surface area contributed by atoms with Gasteiger partial charge < -0.3 is 15.2 Å². The van der Waals surface area contributed by atoms with E-state index in [1.165, 1.54) is 0 Å². The number of hydrogen-bond acceptors (Lipinski definition) is 2. The van der Waals surface area contributed by atoms with E-state index in [1.807, 2.05) is 19.3 Å². The number of hydrogen-bond donors (Lipinski definition) is 2. The molecule has 0 atom stereocenters. The van der Waals surface area contributed by atoms with E-state index in [9.17, 15) is 4.79 Å². The fourth-order valence-electron chi connectivity index (χ4n) is 1.38. The molecule has 0 saturated carbocycles. The number of nitrogens with zero attached hydrogens (tertiary/aromatic N) is 1. The maximum Gasteiger partial charge on any atom is 0.267 e. The van der Waals surface area contributed by atoms with Crippen LogP contribution in [0.3, 0.4) is 0 Å². The molecule has 1 amide bonds. The molecule has 0 radical (unpaired) electrons. The molecule has 2 N–H and O–H groups in total. The average Bonchev–Trinajstić information content (AvgIpc) is 2.52. The summed E-state index contributed by atoms with van der Waals surface area (Å²) >= 11 is 3.34. The van der Waals surface area contributed by atoms with E-state index in [-0.39, 0.29) is 5.91 Å². The molecule has 90 valence electrons. The largest absolute Gasteiger partial charge is 0.349 e. The van der Waals surface area contributed by atoms with Crippen molar-refractivity contribution in [1.29, 1.82) is 0 Å². The van der Waals surface area contributed by atoms with Crippen molar-refractivity contribution >= 4 is 21.8 Å². The van der Waals surface area contributed by atoms with Gasteiger partial charge in [0.15, 0.2) is 0 Å². The van der Waals surface area contributed by atoms with Gasteiger partial charge in [0.05, 0.1) is 0 Å². The summed E-state index contributed by atoms with van der Waals surface area (Å²) in [4.78, 5) is 11.7. The van der Waals surface area contributed by atoms with Gasteiger partial charge in [-0.3, -0.25) is 4.79 Å². The smallest absolute Gasteiger partial charge is 0.267 e. The van der Waals surface area contributed by atoms with Crippen LogP contribution in [-0.2, 0) is 7.05 Å². The van der Waals surface area contributed by atoms with Gasteiger partial charge >= 0.3 is 0 Å². The van der Waals surface area contributed by atoms with Crippen LogP contribution in [0.4, 0.5) is 0 Å². The molecular weight excluding hydrogens is 270 g/mol. The number of nitrogens with one attached hydrogen (secondary N) is 2. The lowest BCUT2D eigenvalue weighted by atomic mass is 10.4. The van der Waals surface area contributed by atoms with Crippen molar-refractivity contribution in [2.75, 3.05) is 13.1 Å². The summed E-state index contributed by atoms with van der Waals surface area (Å²) in [6, 6.07) is 2.26. The molecule has 0 unspecified atom stereocenters. The molecule has 0 saturated heterocycles. The standard InChI is InChI=1S/C11H18BrN3O/c1-8(2)13-4-5-14-11(16)10-6-9(12)7-15(10)3/h6-8,13H,4-5H2,1-3H3,(H,14,16). The van der Waals surface area contributed by atoms with E-state index in [0.717, 1.165) is 11.0 Å². The highest BCUT2D eigenvalue weighted by molar-refractivity contribution is 9.10. The number of amides is 1. The van der Waals surface area contributed by atoms with Crippen LogP contribution in [0.25, 0.3) is 0 Å². The maximum absolute atomic E-state index is 11.7. The van der Waals surface area contributed by atoms with Crippen LogP contribution in [0, 0.1) is 0 Å². The number of carbonyl (C=O) groups excluding carboxylic acids is 1. The van der Waals surface area contributed by atoms with Crippen molar-refractivity contribution in [3.8, 4) is 0 Å². The SMILES string of the molecule is CC(C)NCCNC(=O)c1cc(Br)cn1C. The molecule has 16 heavy (non-hydrogen) atoms. The molecule has 0 bridgehead atoms. The second kappa shape index (κ2) is 6.06. The number of carbonyl (C=O) groups is 1. The van der Waals surface area contributed by atoms with Crippen LogP contribution < -0.4 is 10.6 Å². The van der Waals surface area contributed by atoms with Crippen LogP contribution in [0.15, 0.2) is 16.7 Å². The Morgan fingerprint density at radius 2 is 2.19 bits per heavy atom. The van der Waals surface area contributed by atoms with Gasteiger partial charge in [-0.25, -0.2) is 0 Å². The predicted octanol–water partition coefficient (Wildman–Crippen LogP) is 1.52. The molecule has 0 aliphatic carbocycles. The monoisotopic (exact) mass is 287 g/mol. The van der Waals surface area contributed by atoms with Crippen molar-refractivity contribution in [1.82, 2.24) is 15.2 Å². The van der Waals surface area contributed by atoms with Crippen molar-refractivity contribution in [2.24, 2.45) is 7.05 Å². The highest BCUT2D eigenvalue weighted by Crippen LogP contribution is 2.13. The third kappa shape index (κ3) is 3.98. The maximum atomic E-state index is 11.7. The van der Waals surface area contributed by atoms with Crippen molar-refractivity contribution in [3.63, 3.8) is 0 Å². The molecule has 1 aromatic rings. The van der Waals surface area contributed by atoms with Gasteiger partial charge in [-0.2, -0.15) is 0 Å². The first kappa shape index (κ1) is 13.3. The Kier molecular flexibility index (Phi) is 5.02. The first-order valence-electron chi connectivity index (χ1n) is 5.34. The molecule has 1 rings (SSSR count). The van der Waals surface area contributed by atoms with Crippen LogP contribution in [0.5, 0.6) is 0 Å². The third-order valence-corrected chi connectivity index (χ3v) is 2.60. The number of rotatable bonds is 5. The summed E-state index contributed by atoms with van der Waals surface area (Å²) in [5, 5.41) is 6.11. The Morgan fingerprint density at radius 3 is 2.69 bits per heavy atom. The van der Waals surface area contributed by atoms with Crippen molar-refractivity contribution < 1.29 is 4.79 Å². The summed E-state index contributed by atoms with van der Waals surface area (Å²) in [5.41, 5.74) is 0.663. The third-order valence-electron chi connectivity index (χ3n) is 2.17. The van der Waals surface area contributed by atoms with Crippen LogP contribution >= 0.6 is 15.9 Å².